The maximum atomic E-state index is 12.1. The van der Waals surface area contributed by atoms with Crippen LogP contribution >= 0.6 is 0 Å². The summed E-state index contributed by atoms with van der Waals surface area (Å²) in [5.41, 5.74) is 1.24. The molecule has 0 aliphatic heterocycles. The van der Waals surface area contributed by atoms with Crippen molar-refractivity contribution in [3.63, 3.8) is 0 Å². The molecule has 0 saturated heterocycles. The normalized spacial score (nSPS) is 13.2. The molecule has 134 valence electrons. The molecule has 1 aromatic rings. The molecular weight excluding hydrogens is 331 g/mol. The van der Waals surface area contributed by atoms with E-state index in [0.717, 1.165) is 18.0 Å². The second-order valence-corrected chi connectivity index (χ2v) is 5.72. The zero-order valence-electron chi connectivity index (χ0n) is 14.6. The molecule has 0 bridgehead atoms. The molecule has 6 heteroatoms. The van der Waals surface area contributed by atoms with E-state index in [9.17, 15) is 9.59 Å². The number of ether oxygens (including phenoxy) is 3. The highest BCUT2D eigenvalue weighted by Gasteiger charge is 2.12. The summed E-state index contributed by atoms with van der Waals surface area (Å²) in [4.78, 5) is 23.0. The van der Waals surface area contributed by atoms with Gasteiger partial charge in [0, 0.05) is 12.5 Å². The van der Waals surface area contributed by atoms with Gasteiger partial charge in [-0.15, -0.1) is 5.47 Å². The Bertz CT molecular complexity index is 703. The van der Waals surface area contributed by atoms with Gasteiger partial charge in [-0.05, 0) is 49.6 Å². The van der Waals surface area contributed by atoms with Crippen LogP contribution in [0.5, 0.6) is 5.75 Å². The fourth-order valence-electron chi connectivity index (χ4n) is 2.21. The van der Waals surface area contributed by atoms with Crippen molar-refractivity contribution in [3.05, 3.63) is 65.9 Å². The van der Waals surface area contributed by atoms with Crippen molar-refractivity contribution in [2.45, 2.75) is 25.7 Å². The van der Waals surface area contributed by atoms with E-state index in [1.807, 2.05) is 0 Å². The molecule has 0 aromatic heterocycles. The smallest absolute Gasteiger partial charge is 0.343 e. The minimum absolute atomic E-state index is 0.343. The fourth-order valence-corrected chi connectivity index (χ4v) is 2.21. The highest BCUT2D eigenvalue weighted by molar-refractivity contribution is 6.21. The predicted octanol–water partition coefficient (Wildman–Crippen LogP) is 3.46. The van der Waals surface area contributed by atoms with Gasteiger partial charge in [0.15, 0.2) is 0 Å². The van der Waals surface area contributed by atoms with Gasteiger partial charge in [-0.2, -0.15) is 0 Å². The maximum Gasteiger partial charge on any atom is 0.343 e. The molecule has 0 unspecified atom stereocenters. The molecule has 2 rings (SSSR count). The minimum Gasteiger partial charge on any atom is -0.494 e. The van der Waals surface area contributed by atoms with Crippen LogP contribution in [0.3, 0.4) is 0 Å². The van der Waals surface area contributed by atoms with Crippen LogP contribution in [0.25, 0.3) is 0 Å². The van der Waals surface area contributed by atoms with Crippen LogP contribution in [0.15, 0.2) is 60.3 Å². The summed E-state index contributed by atoms with van der Waals surface area (Å²) < 4.78 is 15.8. The number of unbranched alkanes of at least 4 members (excludes halogenated alkanes) is 1. The number of hydrogen-bond donors (Lipinski definition) is 0. The van der Waals surface area contributed by atoms with Crippen LogP contribution in [0.4, 0.5) is 0 Å². The molecule has 0 saturated carbocycles. The lowest BCUT2D eigenvalue weighted by Gasteiger charge is -2.13. The molecule has 0 fully saturated rings. The van der Waals surface area contributed by atoms with E-state index in [-0.39, 0.29) is 0 Å². The van der Waals surface area contributed by atoms with Crippen LogP contribution in [0, 0.1) is 0 Å². The van der Waals surface area contributed by atoms with Gasteiger partial charge in [-0.25, -0.2) is 9.59 Å². The number of rotatable bonds is 9. The Morgan fingerprint density at radius 3 is 2.46 bits per heavy atom. The predicted molar refractivity (Wildman–Crippen MR) is 98.9 cm³/mol. The topological polar surface area (TPSA) is 61.8 Å². The fraction of sp³-hybridized carbons (Fsp3) is 0.300. The van der Waals surface area contributed by atoms with Crippen LogP contribution in [-0.2, 0) is 14.3 Å². The number of carbonyl (C=O) groups is 2. The average molecular weight is 352 g/mol. The van der Waals surface area contributed by atoms with Crippen molar-refractivity contribution in [2.24, 2.45) is 0 Å². The Morgan fingerprint density at radius 1 is 1.08 bits per heavy atom. The zero-order chi connectivity index (χ0) is 18.8. The van der Waals surface area contributed by atoms with Crippen molar-refractivity contribution in [2.75, 3.05) is 13.2 Å². The first-order valence-electron chi connectivity index (χ1n) is 8.48. The van der Waals surface area contributed by atoms with E-state index >= 15 is 0 Å². The maximum absolute atomic E-state index is 12.1. The van der Waals surface area contributed by atoms with Gasteiger partial charge < -0.3 is 14.2 Å². The summed E-state index contributed by atoms with van der Waals surface area (Å²) in [6.45, 7) is 4.17. The van der Waals surface area contributed by atoms with Gasteiger partial charge in [0.05, 0.1) is 18.8 Å². The first-order valence-corrected chi connectivity index (χ1v) is 8.48. The molecule has 1 aliphatic carbocycles. The van der Waals surface area contributed by atoms with E-state index in [0.29, 0.717) is 49.5 Å². The van der Waals surface area contributed by atoms with Crippen molar-refractivity contribution < 1.29 is 23.8 Å². The van der Waals surface area contributed by atoms with E-state index in [1.54, 1.807) is 36.4 Å². The lowest BCUT2D eigenvalue weighted by atomic mass is 9.88. The van der Waals surface area contributed by atoms with E-state index < -0.39 is 11.9 Å². The summed E-state index contributed by atoms with van der Waals surface area (Å²) in [7, 11) is 5.68. The molecule has 0 N–H and O–H groups in total. The van der Waals surface area contributed by atoms with Crippen LogP contribution < -0.4 is 4.74 Å². The highest BCUT2D eigenvalue weighted by Crippen LogP contribution is 2.20. The van der Waals surface area contributed by atoms with E-state index in [1.165, 1.54) is 0 Å². The lowest BCUT2D eigenvalue weighted by molar-refractivity contribution is -0.137. The summed E-state index contributed by atoms with van der Waals surface area (Å²) in [5, 5.41) is 0. The third-order valence-electron chi connectivity index (χ3n) is 3.68. The Kier molecular flexibility index (Phi) is 7.74. The molecular formula is C20H21BO5. The Hall–Kier alpha value is -2.76. The van der Waals surface area contributed by atoms with Crippen LogP contribution in [-0.4, -0.2) is 33.0 Å². The molecule has 0 amide bonds. The number of allylic oxidation sites excluding steroid dienone is 4. The van der Waals surface area contributed by atoms with E-state index in [2.05, 4.69) is 6.58 Å². The number of benzene rings is 1. The second-order valence-electron chi connectivity index (χ2n) is 5.72. The highest BCUT2D eigenvalue weighted by atomic mass is 16.5. The quantitative estimate of drug-likeness (QED) is 0.295. The van der Waals surface area contributed by atoms with Crippen molar-refractivity contribution in [1.29, 1.82) is 0 Å². The standard InChI is InChI=1S/C20H21BO5/c1-2-19(22)25-14-4-3-13-24-17-9-5-15(6-10-17)20(23)26-18-11-7-16(21)8-12-18/h2,5-7,9-11H,1,3-4,8,12-14H2. The second kappa shape index (κ2) is 10.3. The average Bonchev–Trinajstić information content (AvgIpc) is 2.66. The van der Waals surface area contributed by atoms with Gasteiger partial charge in [0.2, 0.25) is 0 Å². The number of hydrogen-bond acceptors (Lipinski definition) is 5. The summed E-state index contributed by atoms with van der Waals surface area (Å²) in [6, 6.07) is 6.77. The van der Waals surface area contributed by atoms with Crippen molar-refractivity contribution in [1.82, 2.24) is 0 Å². The van der Waals surface area contributed by atoms with Gasteiger partial charge in [-0.1, -0.05) is 12.7 Å². The van der Waals surface area contributed by atoms with Crippen LogP contribution in [0.2, 0.25) is 0 Å². The molecule has 5 nitrogen and oxygen atoms in total. The first-order chi connectivity index (χ1) is 12.6. The Morgan fingerprint density at radius 2 is 1.81 bits per heavy atom. The molecule has 1 aliphatic rings. The van der Waals surface area contributed by atoms with Gasteiger partial charge in [0.25, 0.3) is 0 Å². The Labute approximate surface area is 154 Å². The monoisotopic (exact) mass is 352 g/mol. The minimum atomic E-state index is -0.420. The molecule has 0 heterocycles. The molecule has 2 radical (unpaired) electrons. The number of esters is 2. The van der Waals surface area contributed by atoms with Crippen LogP contribution in [0.1, 0.15) is 36.0 Å². The van der Waals surface area contributed by atoms with E-state index in [4.69, 9.17) is 22.1 Å². The SMILES string of the molecule is [B]C1=CC=C(OC(=O)c2ccc(OCCCCOC(=O)C=C)cc2)CC1. The number of carbonyl (C=O) groups excluding carboxylic acids is 2. The third-order valence-corrected chi connectivity index (χ3v) is 3.68. The first kappa shape index (κ1) is 19.6. The van der Waals surface area contributed by atoms with Gasteiger partial charge in [0.1, 0.15) is 19.4 Å². The van der Waals surface area contributed by atoms with Crippen molar-refractivity contribution in [3.8, 4) is 5.75 Å². The van der Waals surface area contributed by atoms with Crippen molar-refractivity contribution >= 4 is 19.8 Å². The van der Waals surface area contributed by atoms with Gasteiger partial charge >= 0.3 is 11.9 Å². The molecule has 1 aromatic carbocycles. The molecule has 26 heavy (non-hydrogen) atoms. The summed E-state index contributed by atoms with van der Waals surface area (Å²) >= 11 is 0. The zero-order valence-corrected chi connectivity index (χ0v) is 14.6. The lowest BCUT2D eigenvalue weighted by Crippen LogP contribution is -2.07. The molecule has 0 atom stereocenters. The summed E-state index contributed by atoms with van der Waals surface area (Å²) in [6.07, 6.45) is 7.38. The largest absolute Gasteiger partial charge is 0.494 e. The van der Waals surface area contributed by atoms with Gasteiger partial charge in [-0.3, -0.25) is 0 Å². The molecule has 0 spiro atoms. The Balaban J connectivity index is 1.71. The third kappa shape index (κ3) is 6.63. The summed E-state index contributed by atoms with van der Waals surface area (Å²) in [5.74, 6) is 0.455.